The van der Waals surface area contributed by atoms with E-state index in [-0.39, 0.29) is 22.9 Å². The summed E-state index contributed by atoms with van der Waals surface area (Å²) in [5.74, 6) is -0.863. The van der Waals surface area contributed by atoms with Crippen LogP contribution in [0.2, 0.25) is 5.02 Å². The molecule has 0 aliphatic heterocycles. The summed E-state index contributed by atoms with van der Waals surface area (Å²) in [6.45, 7) is 0. The van der Waals surface area contributed by atoms with Crippen LogP contribution in [0, 0.1) is 0 Å². The van der Waals surface area contributed by atoms with E-state index in [9.17, 15) is 26.4 Å². The third-order valence-electron chi connectivity index (χ3n) is 4.48. The van der Waals surface area contributed by atoms with Gasteiger partial charge in [0.25, 0.3) is 0 Å². The Morgan fingerprint density at radius 1 is 1.19 bits per heavy atom. The largest absolute Gasteiger partial charge is 0.434 e. The second kappa shape index (κ2) is 7.06. The molecule has 0 atom stereocenters. The summed E-state index contributed by atoms with van der Waals surface area (Å²) in [6.07, 6.45) is -3.43. The van der Waals surface area contributed by atoms with Crippen LogP contribution in [0.5, 0.6) is 0 Å². The predicted molar refractivity (Wildman–Crippen MR) is 95.6 cm³/mol. The number of nitrogens with one attached hydrogen (secondary N) is 1. The first-order valence-electron chi connectivity index (χ1n) is 7.91. The third kappa shape index (κ3) is 3.70. The molecule has 1 aromatic heterocycles. The Hall–Kier alpha value is -1.65. The summed E-state index contributed by atoms with van der Waals surface area (Å²) >= 11 is 6.39. The highest BCUT2D eigenvalue weighted by molar-refractivity contribution is 7.93. The highest BCUT2D eigenvalue weighted by atomic mass is 35.5. The van der Waals surface area contributed by atoms with Crippen molar-refractivity contribution < 1.29 is 26.4 Å². The summed E-state index contributed by atoms with van der Waals surface area (Å²) in [7, 11) is -4.07. The Morgan fingerprint density at radius 2 is 1.78 bits per heavy atom. The number of nitrogens with zero attached hydrogens (tertiary/aromatic N) is 1. The molecule has 1 amide bonds. The quantitative estimate of drug-likeness (QED) is 0.760. The Labute approximate surface area is 162 Å². The molecule has 1 fully saturated rings. The zero-order chi connectivity index (χ0) is 19.9. The molecule has 0 bridgehead atoms. The molecule has 2 aromatic rings. The van der Waals surface area contributed by atoms with E-state index >= 15 is 0 Å². The lowest BCUT2D eigenvalue weighted by molar-refractivity contribution is -0.140. The highest BCUT2D eigenvalue weighted by Crippen LogP contribution is 2.42. The number of carbonyl (C=O) groups is 1. The van der Waals surface area contributed by atoms with E-state index in [1.165, 1.54) is 24.3 Å². The molecule has 5 nitrogen and oxygen atoms in total. The number of aromatic nitrogens is 1. The summed E-state index contributed by atoms with van der Waals surface area (Å²) in [4.78, 5) is 16.1. The van der Waals surface area contributed by atoms with Gasteiger partial charge >= 0.3 is 6.18 Å². The molecule has 11 heteroatoms. The first-order chi connectivity index (χ1) is 12.6. The fraction of sp³-hybridized carbons (Fsp3) is 0.375. The van der Waals surface area contributed by atoms with Crippen LogP contribution in [0.15, 0.2) is 34.5 Å². The zero-order valence-electron chi connectivity index (χ0n) is 13.7. The zero-order valence-corrected chi connectivity index (χ0v) is 16.1. The number of amides is 1. The normalized spacial score (nSPS) is 17.0. The fourth-order valence-corrected chi connectivity index (χ4v) is 5.98. The van der Waals surface area contributed by atoms with Crippen LogP contribution in [0.4, 0.5) is 18.3 Å². The fourth-order valence-electron chi connectivity index (χ4n) is 3.08. The standard InChI is InChI=1S/C16H14ClF3N2O3S2/c17-10-3-5-11(6-4-10)27(24,25)15(7-1-2-8-15)13(23)22-14-21-12(9-26-14)16(18,19)20/h3-6,9H,1-2,7-8H2,(H,21,22,23). The number of halogens is 4. The maximum Gasteiger partial charge on any atom is 0.434 e. The van der Waals surface area contributed by atoms with Crippen molar-refractivity contribution in [2.75, 3.05) is 5.32 Å². The summed E-state index contributed by atoms with van der Waals surface area (Å²) in [6, 6.07) is 5.45. The number of thiazole rings is 1. The van der Waals surface area contributed by atoms with Crippen LogP contribution in [0.25, 0.3) is 0 Å². The second-order valence-electron chi connectivity index (χ2n) is 6.15. The van der Waals surface area contributed by atoms with Crippen molar-refractivity contribution in [3.63, 3.8) is 0 Å². The van der Waals surface area contributed by atoms with Gasteiger partial charge in [0.15, 0.2) is 25.4 Å². The summed E-state index contributed by atoms with van der Waals surface area (Å²) in [5.41, 5.74) is -1.14. The van der Waals surface area contributed by atoms with E-state index in [1.807, 2.05) is 0 Å². The molecule has 146 valence electrons. The number of hydrogen-bond acceptors (Lipinski definition) is 5. The van der Waals surface area contributed by atoms with Gasteiger partial charge in [-0.05, 0) is 37.1 Å². The molecule has 3 rings (SSSR count). The lowest BCUT2D eigenvalue weighted by Gasteiger charge is -2.27. The van der Waals surface area contributed by atoms with Gasteiger partial charge in [-0.3, -0.25) is 4.79 Å². The molecule has 1 heterocycles. The molecule has 0 radical (unpaired) electrons. The van der Waals surface area contributed by atoms with Gasteiger partial charge in [-0.1, -0.05) is 24.4 Å². The minimum Gasteiger partial charge on any atom is -0.301 e. The molecule has 1 saturated carbocycles. The Morgan fingerprint density at radius 3 is 2.30 bits per heavy atom. The monoisotopic (exact) mass is 438 g/mol. The van der Waals surface area contributed by atoms with Crippen LogP contribution in [-0.2, 0) is 20.8 Å². The van der Waals surface area contributed by atoms with Gasteiger partial charge in [0.2, 0.25) is 5.91 Å². The topological polar surface area (TPSA) is 76.1 Å². The van der Waals surface area contributed by atoms with Gasteiger partial charge in [-0.2, -0.15) is 13.2 Å². The Bertz CT molecular complexity index is 950. The maximum atomic E-state index is 13.2. The lowest BCUT2D eigenvalue weighted by atomic mass is 10.1. The molecular formula is C16H14ClF3N2O3S2. The predicted octanol–water partition coefficient (Wildman–Crippen LogP) is 4.54. The van der Waals surface area contributed by atoms with Crippen LogP contribution in [-0.4, -0.2) is 24.1 Å². The van der Waals surface area contributed by atoms with Crippen LogP contribution in [0.3, 0.4) is 0 Å². The van der Waals surface area contributed by atoms with Crippen molar-refractivity contribution in [2.45, 2.75) is 41.5 Å². The van der Waals surface area contributed by atoms with Gasteiger partial charge in [-0.25, -0.2) is 13.4 Å². The van der Waals surface area contributed by atoms with Crippen LogP contribution < -0.4 is 5.32 Å². The summed E-state index contributed by atoms with van der Waals surface area (Å²) in [5, 5.41) is 3.10. The number of rotatable bonds is 4. The first kappa shape index (κ1) is 20.1. The molecule has 1 aliphatic rings. The first-order valence-corrected chi connectivity index (χ1v) is 10.6. The van der Waals surface area contributed by atoms with Gasteiger partial charge in [-0.15, -0.1) is 11.3 Å². The number of sulfone groups is 1. The van der Waals surface area contributed by atoms with Crippen molar-refractivity contribution in [1.82, 2.24) is 4.98 Å². The van der Waals surface area contributed by atoms with E-state index in [2.05, 4.69) is 10.3 Å². The van der Waals surface area contributed by atoms with Crippen LogP contribution >= 0.6 is 22.9 Å². The van der Waals surface area contributed by atoms with E-state index in [0.717, 1.165) is 5.38 Å². The van der Waals surface area contributed by atoms with Crippen molar-refractivity contribution in [2.24, 2.45) is 0 Å². The number of benzene rings is 1. The van der Waals surface area contributed by atoms with E-state index < -0.39 is 32.4 Å². The molecular weight excluding hydrogens is 425 g/mol. The SMILES string of the molecule is O=C(Nc1nc(C(F)(F)F)cs1)C1(S(=O)(=O)c2ccc(Cl)cc2)CCCC1. The van der Waals surface area contributed by atoms with Gasteiger partial charge in [0.1, 0.15) is 0 Å². The number of hydrogen-bond donors (Lipinski definition) is 1. The average molecular weight is 439 g/mol. The average Bonchev–Trinajstić information content (AvgIpc) is 3.25. The smallest absolute Gasteiger partial charge is 0.301 e. The number of anilines is 1. The minimum absolute atomic E-state index is 0.0564. The van der Waals surface area contributed by atoms with E-state index in [1.54, 1.807) is 0 Å². The van der Waals surface area contributed by atoms with Gasteiger partial charge < -0.3 is 5.32 Å². The maximum absolute atomic E-state index is 13.2. The van der Waals surface area contributed by atoms with Gasteiger partial charge in [0, 0.05) is 10.4 Å². The van der Waals surface area contributed by atoms with Gasteiger partial charge in [0.05, 0.1) is 4.90 Å². The van der Waals surface area contributed by atoms with Crippen molar-refractivity contribution in [1.29, 1.82) is 0 Å². The molecule has 0 unspecified atom stereocenters. The molecule has 1 aromatic carbocycles. The molecule has 1 N–H and O–H groups in total. The number of alkyl halides is 3. The summed E-state index contributed by atoms with van der Waals surface area (Å²) < 4.78 is 62.6. The molecule has 1 aliphatic carbocycles. The van der Waals surface area contributed by atoms with Crippen LogP contribution in [0.1, 0.15) is 31.4 Å². The van der Waals surface area contributed by atoms with E-state index in [0.29, 0.717) is 29.2 Å². The molecule has 27 heavy (non-hydrogen) atoms. The van der Waals surface area contributed by atoms with Crippen molar-refractivity contribution >= 4 is 43.8 Å². The highest BCUT2D eigenvalue weighted by Gasteiger charge is 2.53. The van der Waals surface area contributed by atoms with E-state index in [4.69, 9.17) is 11.6 Å². The molecule has 0 saturated heterocycles. The second-order valence-corrected chi connectivity index (χ2v) is 9.70. The Balaban J connectivity index is 1.93. The van der Waals surface area contributed by atoms with Crippen molar-refractivity contribution in [3.05, 3.63) is 40.4 Å². The van der Waals surface area contributed by atoms with Crippen molar-refractivity contribution in [3.8, 4) is 0 Å². The molecule has 0 spiro atoms. The third-order valence-corrected chi connectivity index (χ3v) is 8.00. The Kier molecular flexibility index (Phi) is 5.26. The minimum atomic E-state index is -4.64. The lowest BCUT2D eigenvalue weighted by Crippen LogP contribution is -2.47. The number of carbonyl (C=O) groups excluding carboxylic acids is 1.